The largest absolute Gasteiger partial charge is 0.399 e. The summed E-state index contributed by atoms with van der Waals surface area (Å²) in [5, 5.41) is 0.178. The number of anilines is 1. The first-order valence-corrected chi connectivity index (χ1v) is 7.65. The number of benzene rings is 1. The second-order valence-corrected chi connectivity index (χ2v) is 7.42. The van der Waals surface area contributed by atoms with Gasteiger partial charge < -0.3 is 5.73 Å². The van der Waals surface area contributed by atoms with E-state index < -0.39 is 10.0 Å². The first kappa shape index (κ1) is 13.6. The van der Waals surface area contributed by atoms with Crippen LogP contribution in [0.15, 0.2) is 23.1 Å². The van der Waals surface area contributed by atoms with Crippen molar-refractivity contribution in [2.75, 3.05) is 12.3 Å². The molecule has 1 heterocycles. The minimum absolute atomic E-state index is 0.133. The van der Waals surface area contributed by atoms with Gasteiger partial charge >= 0.3 is 0 Å². The molecule has 6 heteroatoms. The van der Waals surface area contributed by atoms with Crippen molar-refractivity contribution in [1.82, 2.24) is 4.31 Å². The lowest BCUT2D eigenvalue weighted by Crippen LogP contribution is -2.42. The molecule has 0 aromatic heterocycles. The molecule has 0 unspecified atom stereocenters. The van der Waals surface area contributed by atoms with E-state index in [4.69, 9.17) is 17.3 Å². The van der Waals surface area contributed by atoms with E-state index in [1.165, 1.54) is 16.4 Å². The molecule has 0 bridgehead atoms. The lowest BCUT2D eigenvalue weighted by atomic mass is 10.0. The second kappa shape index (κ2) is 4.40. The van der Waals surface area contributed by atoms with Gasteiger partial charge in [0.25, 0.3) is 0 Å². The summed E-state index contributed by atoms with van der Waals surface area (Å²) >= 11 is 6.00. The van der Waals surface area contributed by atoms with Crippen LogP contribution in [-0.4, -0.2) is 24.8 Å². The number of rotatable bonds is 2. The van der Waals surface area contributed by atoms with Crippen molar-refractivity contribution in [2.45, 2.75) is 37.1 Å². The Morgan fingerprint density at radius 3 is 2.56 bits per heavy atom. The third-order valence-electron chi connectivity index (χ3n) is 3.35. The van der Waals surface area contributed by atoms with E-state index in [1.807, 2.05) is 13.8 Å². The maximum absolute atomic E-state index is 12.6. The summed E-state index contributed by atoms with van der Waals surface area (Å²) in [7, 11) is -3.55. The normalized spacial score (nSPS) is 20.2. The van der Waals surface area contributed by atoms with Crippen molar-refractivity contribution >= 4 is 27.3 Å². The highest BCUT2D eigenvalue weighted by Crippen LogP contribution is 2.36. The van der Waals surface area contributed by atoms with Crippen LogP contribution in [0.1, 0.15) is 26.7 Å². The Labute approximate surface area is 113 Å². The fraction of sp³-hybridized carbons (Fsp3) is 0.500. The molecule has 1 aromatic rings. The molecule has 0 amide bonds. The minimum Gasteiger partial charge on any atom is -0.399 e. The van der Waals surface area contributed by atoms with E-state index in [0.29, 0.717) is 12.2 Å². The summed E-state index contributed by atoms with van der Waals surface area (Å²) in [5.41, 5.74) is 5.69. The van der Waals surface area contributed by atoms with Gasteiger partial charge in [-0.2, -0.15) is 4.31 Å². The van der Waals surface area contributed by atoms with Gasteiger partial charge in [-0.1, -0.05) is 11.6 Å². The zero-order chi connectivity index (χ0) is 13.6. The average Bonchev–Trinajstić information content (AvgIpc) is 2.58. The molecule has 18 heavy (non-hydrogen) atoms. The van der Waals surface area contributed by atoms with Crippen molar-refractivity contribution < 1.29 is 8.42 Å². The number of hydrogen-bond donors (Lipinski definition) is 1. The van der Waals surface area contributed by atoms with E-state index >= 15 is 0 Å². The molecule has 100 valence electrons. The second-order valence-electron chi connectivity index (χ2n) is 5.18. The number of hydrogen-bond acceptors (Lipinski definition) is 3. The lowest BCUT2D eigenvalue weighted by Gasteiger charge is -2.30. The standard InChI is InChI=1S/C12H17ClN2O2S/c1-12(2)6-3-7-15(12)18(16,17)11-5-4-9(14)8-10(11)13/h4-5,8H,3,6-7,14H2,1-2H3. The van der Waals surface area contributed by atoms with Crippen LogP contribution in [0.2, 0.25) is 5.02 Å². The summed E-state index contributed by atoms with van der Waals surface area (Å²) in [6.45, 7) is 4.40. The maximum Gasteiger partial charge on any atom is 0.245 e. The van der Waals surface area contributed by atoms with Crippen LogP contribution in [0.3, 0.4) is 0 Å². The summed E-state index contributed by atoms with van der Waals surface area (Å²) in [6, 6.07) is 4.50. The minimum atomic E-state index is -3.55. The summed E-state index contributed by atoms with van der Waals surface area (Å²) in [6.07, 6.45) is 1.73. The Morgan fingerprint density at radius 2 is 2.06 bits per heavy atom. The lowest BCUT2D eigenvalue weighted by molar-refractivity contribution is 0.292. The van der Waals surface area contributed by atoms with Gasteiger partial charge in [0.15, 0.2) is 0 Å². The number of nitrogens with two attached hydrogens (primary N) is 1. The maximum atomic E-state index is 12.6. The zero-order valence-corrected chi connectivity index (χ0v) is 12.1. The van der Waals surface area contributed by atoms with Gasteiger partial charge in [-0.25, -0.2) is 8.42 Å². The van der Waals surface area contributed by atoms with Gasteiger partial charge in [-0.05, 0) is 44.9 Å². The Hall–Kier alpha value is -0.780. The summed E-state index contributed by atoms with van der Waals surface area (Å²) in [5.74, 6) is 0. The predicted molar refractivity (Wildman–Crippen MR) is 73.1 cm³/mol. The third kappa shape index (κ3) is 2.22. The van der Waals surface area contributed by atoms with E-state index in [-0.39, 0.29) is 15.5 Å². The molecule has 0 saturated carbocycles. The SMILES string of the molecule is CC1(C)CCCN1S(=O)(=O)c1ccc(N)cc1Cl. The Morgan fingerprint density at radius 1 is 1.39 bits per heavy atom. The number of nitrogen functional groups attached to an aromatic ring is 1. The molecule has 4 nitrogen and oxygen atoms in total. The van der Waals surface area contributed by atoms with Crippen LogP contribution < -0.4 is 5.73 Å². The van der Waals surface area contributed by atoms with Gasteiger partial charge in [0.05, 0.1) is 5.02 Å². The van der Waals surface area contributed by atoms with E-state index in [2.05, 4.69) is 0 Å². The van der Waals surface area contributed by atoms with Gasteiger partial charge in [-0.3, -0.25) is 0 Å². The Kier molecular flexibility index (Phi) is 3.34. The Balaban J connectivity index is 2.49. The molecular formula is C12H17ClN2O2S. The van der Waals surface area contributed by atoms with E-state index in [1.54, 1.807) is 6.07 Å². The molecule has 1 fully saturated rings. The number of nitrogens with zero attached hydrogens (tertiary/aromatic N) is 1. The molecule has 1 saturated heterocycles. The monoisotopic (exact) mass is 288 g/mol. The van der Waals surface area contributed by atoms with Crippen LogP contribution in [0.4, 0.5) is 5.69 Å². The number of halogens is 1. The third-order valence-corrected chi connectivity index (χ3v) is 5.94. The first-order valence-electron chi connectivity index (χ1n) is 5.83. The predicted octanol–water partition coefficient (Wildman–Crippen LogP) is 2.49. The van der Waals surface area contributed by atoms with Crippen LogP contribution in [0, 0.1) is 0 Å². The molecule has 0 atom stereocenters. The van der Waals surface area contributed by atoms with Crippen molar-refractivity contribution in [3.63, 3.8) is 0 Å². The van der Waals surface area contributed by atoms with Gasteiger partial charge in [0, 0.05) is 17.8 Å². The highest BCUT2D eigenvalue weighted by Gasteiger charge is 2.41. The fourth-order valence-corrected chi connectivity index (χ4v) is 4.75. The van der Waals surface area contributed by atoms with Crippen LogP contribution in [0.25, 0.3) is 0 Å². The quantitative estimate of drug-likeness (QED) is 0.851. The van der Waals surface area contributed by atoms with Crippen molar-refractivity contribution in [2.24, 2.45) is 0 Å². The molecule has 0 spiro atoms. The van der Waals surface area contributed by atoms with Crippen LogP contribution in [-0.2, 0) is 10.0 Å². The van der Waals surface area contributed by atoms with Gasteiger partial charge in [0.1, 0.15) is 4.90 Å². The highest BCUT2D eigenvalue weighted by molar-refractivity contribution is 7.89. The fourth-order valence-electron chi connectivity index (χ4n) is 2.37. The highest BCUT2D eigenvalue weighted by atomic mass is 35.5. The summed E-state index contributed by atoms with van der Waals surface area (Å²) < 4.78 is 26.7. The molecular weight excluding hydrogens is 272 g/mol. The van der Waals surface area contributed by atoms with E-state index in [0.717, 1.165) is 12.8 Å². The molecule has 0 aliphatic carbocycles. The Bertz CT molecular complexity index is 569. The van der Waals surface area contributed by atoms with Gasteiger partial charge in [0.2, 0.25) is 10.0 Å². The number of sulfonamides is 1. The van der Waals surface area contributed by atoms with E-state index in [9.17, 15) is 8.42 Å². The van der Waals surface area contributed by atoms with Crippen molar-refractivity contribution in [3.8, 4) is 0 Å². The molecule has 1 aromatic carbocycles. The van der Waals surface area contributed by atoms with Crippen LogP contribution in [0.5, 0.6) is 0 Å². The molecule has 1 aliphatic heterocycles. The molecule has 0 radical (unpaired) electrons. The first-order chi connectivity index (χ1) is 8.25. The molecule has 1 aliphatic rings. The molecule has 2 N–H and O–H groups in total. The summed E-state index contributed by atoms with van der Waals surface area (Å²) in [4.78, 5) is 0.133. The van der Waals surface area contributed by atoms with Crippen LogP contribution >= 0.6 is 11.6 Å². The average molecular weight is 289 g/mol. The van der Waals surface area contributed by atoms with Crippen molar-refractivity contribution in [1.29, 1.82) is 0 Å². The van der Waals surface area contributed by atoms with Crippen molar-refractivity contribution in [3.05, 3.63) is 23.2 Å². The topological polar surface area (TPSA) is 63.4 Å². The smallest absolute Gasteiger partial charge is 0.245 e. The van der Waals surface area contributed by atoms with Gasteiger partial charge in [-0.15, -0.1) is 0 Å². The zero-order valence-electron chi connectivity index (χ0n) is 10.5. The molecule has 2 rings (SSSR count).